The first-order chi connectivity index (χ1) is 8.95. The maximum absolute atomic E-state index is 12.5. The molecule has 1 aromatic carbocycles. The Labute approximate surface area is 111 Å². The van der Waals surface area contributed by atoms with Crippen LogP contribution in [0.15, 0.2) is 35.8 Å². The van der Waals surface area contributed by atoms with E-state index in [2.05, 4.69) is 4.98 Å². The van der Waals surface area contributed by atoms with Gasteiger partial charge in [0.2, 0.25) is 0 Å². The van der Waals surface area contributed by atoms with Gasteiger partial charge in [-0.25, -0.2) is 4.98 Å². The molecule has 2 heterocycles. The van der Waals surface area contributed by atoms with Crippen LogP contribution in [0, 0.1) is 6.92 Å². The minimum Gasteiger partial charge on any atom is -0.294 e. The lowest BCUT2D eigenvalue weighted by atomic mass is 10.1. The van der Waals surface area contributed by atoms with E-state index in [0.29, 0.717) is 11.3 Å². The number of benzene rings is 1. The highest BCUT2D eigenvalue weighted by molar-refractivity contribution is 7.15. The van der Waals surface area contributed by atoms with Crippen LogP contribution in [0.1, 0.15) is 11.3 Å². The summed E-state index contributed by atoms with van der Waals surface area (Å²) in [6.07, 6.45) is -2.46. The van der Waals surface area contributed by atoms with Crippen molar-refractivity contribution < 1.29 is 13.2 Å². The van der Waals surface area contributed by atoms with Crippen molar-refractivity contribution in [2.45, 2.75) is 13.1 Å². The van der Waals surface area contributed by atoms with Gasteiger partial charge < -0.3 is 0 Å². The molecule has 0 unspecified atom stereocenters. The van der Waals surface area contributed by atoms with Gasteiger partial charge in [-0.05, 0) is 19.1 Å². The highest BCUT2D eigenvalue weighted by Crippen LogP contribution is 2.31. The van der Waals surface area contributed by atoms with E-state index in [9.17, 15) is 13.2 Å². The molecule has 0 saturated heterocycles. The third kappa shape index (κ3) is 2.12. The molecule has 0 spiro atoms. The van der Waals surface area contributed by atoms with Gasteiger partial charge >= 0.3 is 6.18 Å². The fourth-order valence-corrected chi connectivity index (χ4v) is 2.71. The molecule has 0 aliphatic heterocycles. The third-order valence-corrected chi connectivity index (χ3v) is 3.85. The van der Waals surface area contributed by atoms with Crippen molar-refractivity contribution >= 4 is 16.3 Å². The van der Waals surface area contributed by atoms with Crippen molar-refractivity contribution in [3.8, 4) is 11.3 Å². The van der Waals surface area contributed by atoms with E-state index in [1.807, 2.05) is 22.9 Å². The topological polar surface area (TPSA) is 17.3 Å². The normalized spacial score (nSPS) is 12.2. The summed E-state index contributed by atoms with van der Waals surface area (Å²) in [7, 11) is 0. The number of aromatic nitrogens is 2. The summed E-state index contributed by atoms with van der Waals surface area (Å²) >= 11 is 1.51. The van der Waals surface area contributed by atoms with E-state index in [1.54, 1.807) is 0 Å². The summed E-state index contributed by atoms with van der Waals surface area (Å²) in [4.78, 5) is 5.24. The number of halogens is 3. The van der Waals surface area contributed by atoms with Crippen LogP contribution in [0.25, 0.3) is 16.2 Å². The van der Waals surface area contributed by atoms with E-state index in [0.717, 1.165) is 22.8 Å². The van der Waals surface area contributed by atoms with Gasteiger partial charge in [-0.2, -0.15) is 13.2 Å². The van der Waals surface area contributed by atoms with Gasteiger partial charge in [0.15, 0.2) is 4.96 Å². The Morgan fingerprint density at radius 2 is 1.84 bits per heavy atom. The lowest BCUT2D eigenvalue weighted by Crippen LogP contribution is -2.03. The first kappa shape index (κ1) is 12.2. The van der Waals surface area contributed by atoms with E-state index >= 15 is 0 Å². The summed E-state index contributed by atoms with van der Waals surface area (Å²) in [5, 5.41) is 1.98. The second-order valence-corrected chi connectivity index (χ2v) is 5.07. The van der Waals surface area contributed by atoms with Crippen LogP contribution in [-0.4, -0.2) is 9.38 Å². The summed E-state index contributed by atoms with van der Waals surface area (Å²) in [6.45, 7) is 1.96. The second-order valence-electron chi connectivity index (χ2n) is 4.23. The summed E-state index contributed by atoms with van der Waals surface area (Å²) in [6, 6.07) is 5.06. The van der Waals surface area contributed by atoms with Crippen LogP contribution in [0.5, 0.6) is 0 Å². The zero-order valence-electron chi connectivity index (χ0n) is 9.90. The zero-order chi connectivity index (χ0) is 13.6. The summed E-state index contributed by atoms with van der Waals surface area (Å²) in [5.74, 6) is 0. The van der Waals surface area contributed by atoms with Gasteiger partial charge in [-0.15, -0.1) is 11.3 Å². The molecule has 0 amide bonds. The minimum absolute atomic E-state index is 0.645. The van der Waals surface area contributed by atoms with Crippen LogP contribution in [-0.2, 0) is 6.18 Å². The summed E-state index contributed by atoms with van der Waals surface area (Å²) in [5.41, 5.74) is 1.78. The Bertz CT molecular complexity index is 723. The Morgan fingerprint density at radius 3 is 2.42 bits per heavy atom. The molecule has 3 aromatic rings. The van der Waals surface area contributed by atoms with Crippen molar-refractivity contribution in [2.24, 2.45) is 0 Å². The van der Waals surface area contributed by atoms with Crippen molar-refractivity contribution in [3.63, 3.8) is 0 Å². The Balaban J connectivity index is 2.02. The molecule has 98 valence electrons. The molecule has 0 fully saturated rings. The quantitative estimate of drug-likeness (QED) is 0.647. The van der Waals surface area contributed by atoms with E-state index in [-0.39, 0.29) is 0 Å². The molecule has 0 saturated carbocycles. The number of fused-ring (bicyclic) bond motifs is 1. The minimum atomic E-state index is -4.30. The molecule has 2 nitrogen and oxygen atoms in total. The maximum atomic E-state index is 12.5. The first-order valence-corrected chi connectivity index (χ1v) is 6.44. The Hall–Kier alpha value is -1.82. The number of rotatable bonds is 1. The number of alkyl halides is 3. The number of thiazole rings is 1. The summed E-state index contributed by atoms with van der Waals surface area (Å²) < 4.78 is 39.4. The molecule has 0 aliphatic rings. The van der Waals surface area contributed by atoms with Crippen molar-refractivity contribution in [1.82, 2.24) is 9.38 Å². The van der Waals surface area contributed by atoms with Gasteiger partial charge in [0.25, 0.3) is 0 Å². The zero-order valence-corrected chi connectivity index (χ0v) is 10.7. The smallest absolute Gasteiger partial charge is 0.294 e. The molecule has 6 heteroatoms. The predicted octanol–water partition coefficient (Wildman–Crippen LogP) is 4.39. The van der Waals surface area contributed by atoms with Crippen LogP contribution >= 0.6 is 11.3 Å². The number of nitrogens with zero attached hydrogens (tertiary/aromatic N) is 2. The Kier molecular flexibility index (Phi) is 2.63. The molecule has 0 aliphatic carbocycles. The average Bonchev–Trinajstić information content (AvgIpc) is 2.91. The SMILES string of the molecule is Cc1csc2nc(-c3ccc(C(F)(F)F)cc3)cn12. The number of imidazole rings is 1. The van der Waals surface area contributed by atoms with Crippen LogP contribution in [0.4, 0.5) is 13.2 Å². The molecule has 2 aromatic heterocycles. The number of aryl methyl sites for hydroxylation is 1. The molecule has 0 radical (unpaired) electrons. The number of hydrogen-bond acceptors (Lipinski definition) is 2. The molecular formula is C13H9F3N2S. The lowest BCUT2D eigenvalue weighted by molar-refractivity contribution is -0.137. The lowest BCUT2D eigenvalue weighted by Gasteiger charge is -2.06. The van der Waals surface area contributed by atoms with Gasteiger partial charge in [0.1, 0.15) is 0 Å². The van der Waals surface area contributed by atoms with Crippen LogP contribution < -0.4 is 0 Å². The van der Waals surface area contributed by atoms with Crippen LogP contribution in [0.2, 0.25) is 0 Å². The first-order valence-electron chi connectivity index (χ1n) is 5.56. The highest BCUT2D eigenvalue weighted by atomic mass is 32.1. The average molecular weight is 282 g/mol. The number of hydrogen-bond donors (Lipinski definition) is 0. The fraction of sp³-hybridized carbons (Fsp3) is 0.154. The molecule has 0 atom stereocenters. The maximum Gasteiger partial charge on any atom is 0.416 e. The van der Waals surface area contributed by atoms with Crippen molar-refractivity contribution in [1.29, 1.82) is 0 Å². The van der Waals surface area contributed by atoms with E-state index in [1.165, 1.54) is 23.5 Å². The standard InChI is InChI=1S/C13H9F3N2S/c1-8-7-19-12-17-11(6-18(8)12)9-2-4-10(5-3-9)13(14,15)16/h2-7H,1H3. The van der Waals surface area contributed by atoms with Crippen molar-refractivity contribution in [2.75, 3.05) is 0 Å². The van der Waals surface area contributed by atoms with E-state index in [4.69, 9.17) is 0 Å². The van der Waals surface area contributed by atoms with Gasteiger partial charge in [0, 0.05) is 22.8 Å². The largest absolute Gasteiger partial charge is 0.416 e. The van der Waals surface area contributed by atoms with Crippen molar-refractivity contribution in [3.05, 3.63) is 47.1 Å². The van der Waals surface area contributed by atoms with Gasteiger partial charge in [-0.1, -0.05) is 12.1 Å². The van der Waals surface area contributed by atoms with Gasteiger partial charge in [-0.3, -0.25) is 4.40 Å². The highest BCUT2D eigenvalue weighted by Gasteiger charge is 2.30. The van der Waals surface area contributed by atoms with E-state index < -0.39 is 11.7 Å². The second kappa shape index (κ2) is 4.09. The molecule has 0 bridgehead atoms. The monoisotopic (exact) mass is 282 g/mol. The molecule has 0 N–H and O–H groups in total. The molecule has 3 rings (SSSR count). The molecular weight excluding hydrogens is 273 g/mol. The van der Waals surface area contributed by atoms with Gasteiger partial charge in [0.05, 0.1) is 11.3 Å². The molecule has 19 heavy (non-hydrogen) atoms. The Morgan fingerprint density at radius 1 is 1.16 bits per heavy atom. The third-order valence-electron chi connectivity index (χ3n) is 2.90. The predicted molar refractivity (Wildman–Crippen MR) is 68.2 cm³/mol. The van der Waals surface area contributed by atoms with Crippen LogP contribution in [0.3, 0.4) is 0 Å². The fourth-order valence-electron chi connectivity index (χ4n) is 1.86.